The van der Waals surface area contributed by atoms with Gasteiger partial charge in [0.05, 0.1) is 17.8 Å². The van der Waals surface area contributed by atoms with Crippen molar-refractivity contribution in [3.63, 3.8) is 0 Å². The maximum Gasteiger partial charge on any atom is 0.282 e. The number of aryl methyl sites for hydroxylation is 1. The Morgan fingerprint density at radius 2 is 2.00 bits per heavy atom. The van der Waals surface area contributed by atoms with Crippen LogP contribution in [-0.4, -0.2) is 54.9 Å². The number of benzene rings is 1. The van der Waals surface area contributed by atoms with Gasteiger partial charge >= 0.3 is 0 Å². The summed E-state index contributed by atoms with van der Waals surface area (Å²) in [7, 11) is 0. The number of nitrogens with zero attached hydrogens (tertiary/aromatic N) is 3. The highest BCUT2D eigenvalue weighted by atomic mass is 19.1. The number of carbonyl (C=O) groups is 1. The van der Waals surface area contributed by atoms with E-state index in [4.69, 9.17) is 4.84 Å². The number of rotatable bonds is 3. The van der Waals surface area contributed by atoms with Gasteiger partial charge in [-0.05, 0) is 31.9 Å². The van der Waals surface area contributed by atoms with Crippen LogP contribution in [0.3, 0.4) is 0 Å². The quantitative estimate of drug-likeness (QED) is 0.868. The number of amides is 1. The van der Waals surface area contributed by atoms with Crippen molar-refractivity contribution in [3.8, 4) is 0 Å². The van der Waals surface area contributed by atoms with Crippen molar-refractivity contribution < 1.29 is 14.0 Å². The molecule has 1 aromatic heterocycles. The fourth-order valence-electron chi connectivity index (χ4n) is 3.85. The molecular weight excluding hydrogens is 363 g/mol. The van der Waals surface area contributed by atoms with Crippen LogP contribution in [0.5, 0.6) is 0 Å². The van der Waals surface area contributed by atoms with E-state index in [1.165, 1.54) is 11.1 Å². The molecule has 1 amide bonds. The molecule has 0 unspecified atom stereocenters. The first kappa shape index (κ1) is 18.9. The molecule has 2 aromatic rings. The zero-order chi connectivity index (χ0) is 19.7. The summed E-state index contributed by atoms with van der Waals surface area (Å²) in [6, 6.07) is 3.00. The lowest BCUT2D eigenvalue weighted by Gasteiger charge is -2.30. The highest BCUT2D eigenvalue weighted by Crippen LogP contribution is 2.26. The molecule has 2 saturated heterocycles. The Morgan fingerprint density at radius 3 is 2.68 bits per heavy atom. The van der Waals surface area contributed by atoms with E-state index in [1.807, 2.05) is 16.4 Å². The topological polar surface area (TPSA) is 66.8 Å². The second kappa shape index (κ2) is 7.89. The maximum absolute atomic E-state index is 14.9. The summed E-state index contributed by atoms with van der Waals surface area (Å²) < 4.78 is 16.7. The Kier molecular flexibility index (Phi) is 5.32. The summed E-state index contributed by atoms with van der Waals surface area (Å²) >= 11 is 0. The maximum atomic E-state index is 14.9. The lowest BCUT2D eigenvalue weighted by Crippen LogP contribution is -2.44. The zero-order valence-electron chi connectivity index (χ0n) is 16.0. The molecule has 4 rings (SSSR count). The van der Waals surface area contributed by atoms with Gasteiger partial charge in [0.15, 0.2) is 0 Å². The van der Waals surface area contributed by atoms with Crippen LogP contribution in [0.1, 0.15) is 30.1 Å². The highest BCUT2D eigenvalue weighted by Gasteiger charge is 2.25. The van der Waals surface area contributed by atoms with Crippen LogP contribution in [0.25, 0.3) is 10.9 Å². The fourth-order valence-corrected chi connectivity index (χ4v) is 3.85. The van der Waals surface area contributed by atoms with Crippen molar-refractivity contribution in [2.45, 2.75) is 26.3 Å². The van der Waals surface area contributed by atoms with Gasteiger partial charge in [-0.25, -0.2) is 9.45 Å². The number of carbonyl (C=O) groups excluding carboxylic acids is 1. The summed E-state index contributed by atoms with van der Waals surface area (Å²) in [5.41, 5.74) is 0.697. The van der Waals surface area contributed by atoms with Crippen molar-refractivity contribution >= 4 is 22.5 Å². The molecule has 0 spiro atoms. The first-order valence-electron chi connectivity index (χ1n) is 9.87. The van der Waals surface area contributed by atoms with Crippen LogP contribution in [0.2, 0.25) is 0 Å². The van der Waals surface area contributed by atoms with Crippen LogP contribution >= 0.6 is 0 Å². The van der Waals surface area contributed by atoms with Gasteiger partial charge in [-0.3, -0.25) is 14.4 Å². The van der Waals surface area contributed by atoms with Crippen LogP contribution in [-0.2, 0) is 11.4 Å². The van der Waals surface area contributed by atoms with Crippen molar-refractivity contribution in [2.75, 3.05) is 44.2 Å². The van der Waals surface area contributed by atoms with E-state index in [0.717, 1.165) is 25.9 Å². The lowest BCUT2D eigenvalue weighted by molar-refractivity contribution is -0.144. The largest absolute Gasteiger partial charge is 0.367 e. The first-order valence-corrected chi connectivity index (χ1v) is 9.87. The van der Waals surface area contributed by atoms with Gasteiger partial charge in [0, 0.05) is 50.9 Å². The van der Waals surface area contributed by atoms with Gasteiger partial charge in [-0.1, -0.05) is 0 Å². The second-order valence-electron chi connectivity index (χ2n) is 7.16. The zero-order valence-corrected chi connectivity index (χ0v) is 16.0. The lowest BCUT2D eigenvalue weighted by atomic mass is 10.1. The van der Waals surface area contributed by atoms with Gasteiger partial charge in [0.1, 0.15) is 11.4 Å². The van der Waals surface area contributed by atoms with E-state index in [1.54, 1.807) is 12.3 Å². The monoisotopic (exact) mass is 388 g/mol. The number of hydrogen-bond donors (Lipinski definition) is 1. The van der Waals surface area contributed by atoms with Crippen LogP contribution in [0.4, 0.5) is 10.1 Å². The highest BCUT2D eigenvalue weighted by molar-refractivity contribution is 5.97. The van der Waals surface area contributed by atoms with E-state index < -0.39 is 17.2 Å². The molecule has 2 aliphatic heterocycles. The number of hydrogen-bond acceptors (Lipinski definition) is 5. The molecule has 28 heavy (non-hydrogen) atoms. The number of nitrogens with one attached hydrogen (secondary N) is 1. The van der Waals surface area contributed by atoms with E-state index >= 15 is 0 Å². The van der Waals surface area contributed by atoms with Crippen molar-refractivity contribution in [1.29, 1.82) is 0 Å². The van der Waals surface area contributed by atoms with Crippen molar-refractivity contribution in [1.82, 2.24) is 14.9 Å². The average Bonchev–Trinajstić information content (AvgIpc) is 2.75. The second-order valence-corrected chi connectivity index (χ2v) is 7.16. The van der Waals surface area contributed by atoms with Gasteiger partial charge in [-0.15, -0.1) is 0 Å². The minimum Gasteiger partial charge on any atom is -0.367 e. The number of piperazine rings is 1. The Balaban J connectivity index is 1.81. The van der Waals surface area contributed by atoms with Gasteiger partial charge in [0.25, 0.3) is 5.91 Å². The standard InChI is InChI=1S/C20H25FN4O3/c1-2-23-13-15(20(27)25-7-3-4-10-28-25)19(26)14-11-16(21)18(12-17(14)23)24-8-5-22-6-9-24/h11-13,22H,2-10H2,1H3. The molecule has 0 aliphatic carbocycles. The molecule has 8 heteroatoms. The molecule has 3 heterocycles. The molecular formula is C20H25FN4O3. The predicted molar refractivity (Wildman–Crippen MR) is 105 cm³/mol. The molecule has 2 fully saturated rings. The summed E-state index contributed by atoms with van der Waals surface area (Å²) in [5.74, 6) is -0.895. The SMILES string of the molecule is CCn1cc(C(=O)N2CCCCO2)c(=O)c2cc(F)c(N3CCNCC3)cc21. The fraction of sp³-hybridized carbons (Fsp3) is 0.500. The molecule has 0 saturated carbocycles. The Morgan fingerprint density at radius 1 is 1.21 bits per heavy atom. The first-order chi connectivity index (χ1) is 13.6. The molecule has 7 nitrogen and oxygen atoms in total. The van der Waals surface area contributed by atoms with Crippen LogP contribution in [0.15, 0.2) is 23.1 Å². The molecule has 150 valence electrons. The Hall–Kier alpha value is -2.45. The van der Waals surface area contributed by atoms with Gasteiger partial charge < -0.3 is 14.8 Å². The number of hydroxylamine groups is 2. The summed E-state index contributed by atoms with van der Waals surface area (Å²) in [5, 5.41) is 4.72. The molecule has 2 aliphatic rings. The summed E-state index contributed by atoms with van der Waals surface area (Å²) in [4.78, 5) is 33.2. The molecule has 0 radical (unpaired) electrons. The van der Waals surface area contributed by atoms with Crippen molar-refractivity contribution in [3.05, 3.63) is 39.9 Å². The van der Waals surface area contributed by atoms with Crippen LogP contribution in [0, 0.1) is 5.82 Å². The van der Waals surface area contributed by atoms with E-state index in [0.29, 0.717) is 44.0 Å². The number of halogens is 1. The molecule has 1 aromatic carbocycles. The third kappa shape index (κ3) is 3.38. The van der Waals surface area contributed by atoms with E-state index in [9.17, 15) is 14.0 Å². The van der Waals surface area contributed by atoms with Gasteiger partial charge in [-0.2, -0.15) is 0 Å². The minimum absolute atomic E-state index is 0.0190. The number of aromatic nitrogens is 1. The minimum atomic E-state index is -0.458. The van der Waals surface area contributed by atoms with Gasteiger partial charge in [0.2, 0.25) is 5.43 Å². The predicted octanol–water partition coefficient (Wildman–Crippen LogP) is 1.74. The number of fused-ring (bicyclic) bond motifs is 1. The Bertz CT molecular complexity index is 947. The third-order valence-corrected chi connectivity index (χ3v) is 5.41. The summed E-state index contributed by atoms with van der Waals surface area (Å²) in [6.45, 7) is 6.42. The molecule has 0 bridgehead atoms. The average molecular weight is 388 g/mol. The third-order valence-electron chi connectivity index (χ3n) is 5.41. The van der Waals surface area contributed by atoms with Crippen LogP contribution < -0.4 is 15.6 Å². The normalized spacial score (nSPS) is 17.9. The van der Waals surface area contributed by atoms with Crippen molar-refractivity contribution in [2.24, 2.45) is 0 Å². The number of anilines is 1. The smallest absolute Gasteiger partial charge is 0.282 e. The molecule has 0 atom stereocenters. The molecule has 1 N–H and O–H groups in total. The summed E-state index contributed by atoms with van der Waals surface area (Å²) in [6.07, 6.45) is 3.30. The van der Waals surface area contributed by atoms with E-state index in [-0.39, 0.29) is 10.9 Å². The van der Waals surface area contributed by atoms with E-state index in [2.05, 4.69) is 5.32 Å². The number of pyridine rings is 1. The Labute approximate surface area is 162 Å².